The van der Waals surface area contributed by atoms with Crippen molar-refractivity contribution in [1.82, 2.24) is 4.72 Å². The van der Waals surface area contributed by atoms with E-state index in [2.05, 4.69) is 10.0 Å². The van der Waals surface area contributed by atoms with Crippen LogP contribution in [0.1, 0.15) is 29.0 Å². The highest BCUT2D eigenvalue weighted by Gasteiger charge is 2.22. The minimum Gasteiger partial charge on any atom is -0.478 e. The highest BCUT2D eigenvalue weighted by Crippen LogP contribution is 2.24. The molecule has 0 unspecified atom stereocenters. The number of hydrogen-bond donors (Lipinski definition) is 3. The summed E-state index contributed by atoms with van der Waals surface area (Å²) in [4.78, 5) is 11.1. The Bertz CT molecular complexity index is 857. The van der Waals surface area contributed by atoms with Crippen molar-refractivity contribution in [2.45, 2.75) is 30.4 Å². The van der Waals surface area contributed by atoms with Gasteiger partial charge in [-0.15, -0.1) is 0 Å². The molecule has 2 aromatic rings. The summed E-state index contributed by atoms with van der Waals surface area (Å²) in [5.41, 5.74) is 0.225. The summed E-state index contributed by atoms with van der Waals surface area (Å²) >= 11 is 0. The summed E-state index contributed by atoms with van der Waals surface area (Å²) in [6.07, 6.45) is 3.34. The Morgan fingerprint density at radius 1 is 1.31 bits per heavy atom. The quantitative estimate of drug-likeness (QED) is 0.641. The first-order valence-electron chi connectivity index (χ1n) is 8.20. The Kier molecular flexibility index (Phi) is 5.60. The molecule has 1 aromatic heterocycles. The number of anilines is 1. The molecule has 3 N–H and O–H groups in total. The molecule has 1 saturated heterocycles. The third-order valence-corrected chi connectivity index (χ3v) is 5.52. The number of furan rings is 1. The average molecular weight is 380 g/mol. The Hall–Kier alpha value is -2.36. The average Bonchev–Trinajstić information content (AvgIpc) is 3.31. The highest BCUT2D eigenvalue weighted by molar-refractivity contribution is 7.89. The van der Waals surface area contributed by atoms with Crippen molar-refractivity contribution in [3.05, 3.63) is 47.9 Å². The fourth-order valence-corrected chi connectivity index (χ4v) is 3.91. The number of carboxylic acids is 1. The van der Waals surface area contributed by atoms with Crippen LogP contribution in [-0.2, 0) is 21.3 Å². The molecular weight excluding hydrogens is 360 g/mol. The lowest BCUT2D eigenvalue weighted by molar-refractivity contribution is 0.0696. The number of carbonyl (C=O) groups is 1. The van der Waals surface area contributed by atoms with Crippen molar-refractivity contribution in [2.75, 3.05) is 18.5 Å². The van der Waals surface area contributed by atoms with E-state index >= 15 is 0 Å². The lowest BCUT2D eigenvalue weighted by Gasteiger charge is -2.16. The second-order valence-corrected chi connectivity index (χ2v) is 7.67. The first kappa shape index (κ1) is 18.4. The molecule has 0 spiro atoms. The fourth-order valence-electron chi connectivity index (χ4n) is 2.71. The van der Waals surface area contributed by atoms with Crippen LogP contribution in [0.15, 0.2) is 45.9 Å². The van der Waals surface area contributed by atoms with Gasteiger partial charge >= 0.3 is 5.97 Å². The third-order valence-electron chi connectivity index (χ3n) is 4.08. The van der Waals surface area contributed by atoms with Crippen LogP contribution < -0.4 is 10.0 Å². The lowest BCUT2D eigenvalue weighted by Crippen LogP contribution is -2.26. The molecule has 9 heteroatoms. The molecule has 1 atom stereocenters. The largest absolute Gasteiger partial charge is 0.478 e. The van der Waals surface area contributed by atoms with E-state index in [9.17, 15) is 18.3 Å². The minimum atomic E-state index is -3.95. The molecule has 0 aliphatic carbocycles. The van der Waals surface area contributed by atoms with Gasteiger partial charge < -0.3 is 19.6 Å². The van der Waals surface area contributed by atoms with Gasteiger partial charge in [-0.25, -0.2) is 17.9 Å². The van der Waals surface area contributed by atoms with Crippen LogP contribution in [0, 0.1) is 0 Å². The Balaban J connectivity index is 1.82. The summed E-state index contributed by atoms with van der Waals surface area (Å²) in [7, 11) is -3.95. The van der Waals surface area contributed by atoms with Crippen molar-refractivity contribution in [1.29, 1.82) is 0 Å². The minimum absolute atomic E-state index is 0.0146. The number of sulfonamides is 1. The summed E-state index contributed by atoms with van der Waals surface area (Å²) < 4.78 is 38.5. The number of ether oxygens (including phenoxy) is 1. The van der Waals surface area contributed by atoms with Crippen molar-refractivity contribution in [3.8, 4) is 0 Å². The Morgan fingerprint density at radius 3 is 2.81 bits per heavy atom. The molecule has 2 heterocycles. The van der Waals surface area contributed by atoms with Crippen LogP contribution in [0.3, 0.4) is 0 Å². The van der Waals surface area contributed by atoms with Gasteiger partial charge in [0.25, 0.3) is 0 Å². The predicted octanol–water partition coefficient (Wildman–Crippen LogP) is 2.05. The number of aromatic carboxylic acids is 1. The van der Waals surface area contributed by atoms with E-state index in [1.165, 1.54) is 18.4 Å². The zero-order valence-electron chi connectivity index (χ0n) is 14.0. The molecule has 0 radical (unpaired) electrons. The van der Waals surface area contributed by atoms with E-state index < -0.39 is 16.0 Å². The van der Waals surface area contributed by atoms with Gasteiger partial charge in [-0.2, -0.15) is 0 Å². The molecule has 8 nitrogen and oxygen atoms in total. The summed E-state index contributed by atoms with van der Waals surface area (Å²) in [6, 6.07) is 7.27. The number of carboxylic acid groups (broad SMARTS) is 1. The molecule has 1 aliphatic rings. The second kappa shape index (κ2) is 7.90. The van der Waals surface area contributed by atoms with Crippen LogP contribution in [0.2, 0.25) is 0 Å². The van der Waals surface area contributed by atoms with E-state index in [0.717, 1.165) is 18.9 Å². The number of benzene rings is 1. The maximum Gasteiger partial charge on any atom is 0.335 e. The van der Waals surface area contributed by atoms with Crippen molar-refractivity contribution < 1.29 is 27.5 Å². The van der Waals surface area contributed by atoms with E-state index in [4.69, 9.17) is 9.15 Å². The monoisotopic (exact) mass is 380 g/mol. The van der Waals surface area contributed by atoms with E-state index in [1.807, 2.05) is 0 Å². The van der Waals surface area contributed by atoms with Crippen molar-refractivity contribution in [2.24, 2.45) is 0 Å². The number of nitrogens with one attached hydrogen (secondary N) is 2. The number of rotatable bonds is 8. The summed E-state index contributed by atoms with van der Waals surface area (Å²) in [5.74, 6) is -0.741. The van der Waals surface area contributed by atoms with Gasteiger partial charge in [0.15, 0.2) is 0 Å². The maximum atomic E-state index is 12.7. The smallest absolute Gasteiger partial charge is 0.335 e. The topological polar surface area (TPSA) is 118 Å². The summed E-state index contributed by atoms with van der Waals surface area (Å²) in [5, 5.41) is 12.2. The first-order valence-corrected chi connectivity index (χ1v) is 9.69. The number of hydrogen-bond acceptors (Lipinski definition) is 6. The molecule has 0 amide bonds. The van der Waals surface area contributed by atoms with Gasteiger partial charge in [-0.3, -0.25) is 0 Å². The van der Waals surface area contributed by atoms with Gasteiger partial charge in [0.1, 0.15) is 10.7 Å². The molecule has 0 bridgehead atoms. The van der Waals surface area contributed by atoms with E-state index in [1.54, 1.807) is 12.1 Å². The standard InChI is InChI=1S/C17H20N2O6S/c20-17(21)12-5-6-15(18-10-13-3-1-7-24-13)16(9-12)26(22,23)19-11-14-4-2-8-25-14/h2,4-6,8-9,13,18-19H,1,3,7,10-11H2,(H,20,21)/t13-/m1/s1. The van der Waals surface area contributed by atoms with Crippen LogP contribution in [0.5, 0.6) is 0 Å². The SMILES string of the molecule is O=C(O)c1ccc(NC[C@H]2CCCO2)c(S(=O)(=O)NCc2ccco2)c1. The molecule has 140 valence electrons. The molecule has 1 fully saturated rings. The van der Waals surface area contributed by atoms with Crippen LogP contribution in [0.4, 0.5) is 5.69 Å². The maximum absolute atomic E-state index is 12.7. The normalized spacial score (nSPS) is 17.3. The summed E-state index contributed by atoms with van der Waals surface area (Å²) in [6.45, 7) is 1.12. The van der Waals surface area contributed by atoms with Gasteiger partial charge in [-0.1, -0.05) is 0 Å². The third kappa shape index (κ3) is 4.43. The fraction of sp³-hybridized carbons (Fsp3) is 0.353. The van der Waals surface area contributed by atoms with Gasteiger partial charge in [-0.05, 0) is 43.2 Å². The zero-order valence-corrected chi connectivity index (χ0v) is 14.8. The Morgan fingerprint density at radius 2 is 2.15 bits per heavy atom. The second-order valence-electron chi connectivity index (χ2n) is 5.94. The Labute approximate surface area is 151 Å². The van der Waals surface area contributed by atoms with Crippen molar-refractivity contribution in [3.63, 3.8) is 0 Å². The predicted molar refractivity (Wildman–Crippen MR) is 93.6 cm³/mol. The molecule has 3 rings (SSSR count). The van der Waals surface area contributed by atoms with Gasteiger partial charge in [0, 0.05) is 13.2 Å². The lowest BCUT2D eigenvalue weighted by atomic mass is 10.2. The van der Waals surface area contributed by atoms with Gasteiger partial charge in [0.05, 0.1) is 30.2 Å². The molecule has 1 aliphatic heterocycles. The van der Waals surface area contributed by atoms with Crippen LogP contribution >= 0.6 is 0 Å². The molecule has 1 aromatic carbocycles. The molecule has 0 saturated carbocycles. The zero-order chi connectivity index (χ0) is 18.6. The molecular formula is C17H20N2O6S. The van der Waals surface area contributed by atoms with Gasteiger partial charge in [0.2, 0.25) is 10.0 Å². The van der Waals surface area contributed by atoms with Crippen LogP contribution in [-0.4, -0.2) is 38.7 Å². The first-order chi connectivity index (χ1) is 12.5. The highest BCUT2D eigenvalue weighted by atomic mass is 32.2. The van der Waals surface area contributed by atoms with Crippen LogP contribution in [0.25, 0.3) is 0 Å². The van der Waals surface area contributed by atoms with Crippen molar-refractivity contribution >= 4 is 21.7 Å². The van der Waals surface area contributed by atoms with E-state index in [0.29, 0.717) is 24.6 Å². The molecule has 26 heavy (non-hydrogen) atoms. The van der Waals surface area contributed by atoms with E-state index in [-0.39, 0.29) is 23.1 Å².